The fraction of sp³-hybridized carbons (Fsp3) is 0.792. The minimum absolute atomic E-state index is 0.0217. The van der Waals surface area contributed by atoms with Gasteiger partial charge in [0.1, 0.15) is 11.7 Å². The van der Waals surface area contributed by atoms with Crippen LogP contribution >= 0.6 is 0 Å². The number of urea groups is 1. The van der Waals surface area contributed by atoms with Crippen molar-refractivity contribution in [2.45, 2.75) is 68.6 Å². The number of nitrogens with zero attached hydrogens (tertiary/aromatic N) is 8. The molecule has 0 N–H and O–H groups in total. The highest BCUT2D eigenvalue weighted by molar-refractivity contribution is 5.77. The van der Waals surface area contributed by atoms with Crippen molar-refractivity contribution in [1.82, 2.24) is 39.6 Å². The monoisotopic (exact) mass is 518 g/mol. The largest absolute Gasteiger partial charge is 0.401 e. The van der Waals surface area contributed by atoms with Gasteiger partial charge in [0.2, 0.25) is 5.89 Å². The van der Waals surface area contributed by atoms with E-state index >= 15 is 0 Å². The van der Waals surface area contributed by atoms with Crippen LogP contribution in [0.25, 0.3) is 0 Å². The van der Waals surface area contributed by atoms with E-state index in [4.69, 9.17) is 4.52 Å². The number of likely N-dealkylation sites (tertiary alicyclic amines) is 3. The van der Waals surface area contributed by atoms with Crippen molar-refractivity contribution in [3.63, 3.8) is 0 Å². The number of hydrogen-bond acceptors (Lipinski definition) is 7. The van der Waals surface area contributed by atoms with Gasteiger partial charge in [0, 0.05) is 56.0 Å². The lowest BCUT2D eigenvalue weighted by molar-refractivity contribution is -0.162. The molecule has 3 saturated carbocycles. The van der Waals surface area contributed by atoms with Crippen LogP contribution in [0.15, 0.2) is 10.9 Å². The molecule has 2 aromatic heterocycles. The molecule has 3 aliphatic carbocycles. The van der Waals surface area contributed by atoms with Gasteiger partial charge in [-0.15, -0.1) is 0 Å². The molecule has 0 radical (unpaired) electrons. The predicted octanol–water partition coefficient (Wildman–Crippen LogP) is 2.71. The molecule has 37 heavy (non-hydrogen) atoms. The Morgan fingerprint density at radius 2 is 1.70 bits per heavy atom. The van der Waals surface area contributed by atoms with Gasteiger partial charge in [-0.1, -0.05) is 5.16 Å². The standard InChI is InChI=1S/C24H29F3N8O2/c25-24(26,27)23(3-4-23)19-29-17(37-31-19)7-32-8-22(9-32)12-34(13-22)20(36)33-10-21(11-33)5-16(6-21)35-14-28-18(30-35)15-1-2-15/h14-16H,1-13H2. The first kappa shape index (κ1) is 22.3. The summed E-state index contributed by atoms with van der Waals surface area (Å²) in [4.78, 5) is 27.4. The molecule has 0 aromatic carbocycles. The molecule has 0 unspecified atom stereocenters. The van der Waals surface area contributed by atoms with Gasteiger partial charge in [0.15, 0.2) is 11.6 Å². The molecular weight excluding hydrogens is 489 g/mol. The maximum Gasteiger partial charge on any atom is 0.401 e. The van der Waals surface area contributed by atoms with Crippen molar-refractivity contribution in [2.75, 3.05) is 39.3 Å². The molecular formula is C24H29F3N8O2. The van der Waals surface area contributed by atoms with Gasteiger partial charge in [-0.25, -0.2) is 14.5 Å². The maximum absolute atomic E-state index is 13.3. The first-order chi connectivity index (χ1) is 17.6. The third-order valence-corrected chi connectivity index (χ3v) is 9.49. The lowest BCUT2D eigenvalue weighted by Gasteiger charge is -2.63. The molecule has 2 aromatic rings. The third-order valence-electron chi connectivity index (χ3n) is 9.49. The first-order valence-corrected chi connectivity index (χ1v) is 13.2. The number of rotatable bonds is 5. The number of carbonyl (C=O) groups excluding carboxylic acids is 1. The van der Waals surface area contributed by atoms with E-state index in [1.807, 2.05) is 20.8 Å². The zero-order valence-electron chi connectivity index (χ0n) is 20.5. The van der Waals surface area contributed by atoms with Gasteiger partial charge < -0.3 is 14.3 Å². The summed E-state index contributed by atoms with van der Waals surface area (Å²) in [5.41, 5.74) is -1.58. The Morgan fingerprint density at radius 1 is 1.03 bits per heavy atom. The molecule has 10 nitrogen and oxygen atoms in total. The summed E-state index contributed by atoms with van der Waals surface area (Å²) in [7, 11) is 0. The molecule has 5 heterocycles. The van der Waals surface area contributed by atoms with Crippen LogP contribution in [-0.2, 0) is 12.0 Å². The molecule has 2 amide bonds. The molecule has 6 fully saturated rings. The van der Waals surface area contributed by atoms with E-state index in [9.17, 15) is 18.0 Å². The Kier molecular flexibility index (Phi) is 4.24. The predicted molar refractivity (Wildman–Crippen MR) is 120 cm³/mol. The van der Waals surface area contributed by atoms with Crippen molar-refractivity contribution in [1.29, 1.82) is 0 Å². The molecule has 6 aliphatic rings. The number of halogens is 3. The van der Waals surface area contributed by atoms with Gasteiger partial charge in [-0.05, 0) is 38.5 Å². The lowest BCUT2D eigenvalue weighted by atomic mass is 9.60. The van der Waals surface area contributed by atoms with Crippen LogP contribution in [0.4, 0.5) is 18.0 Å². The lowest BCUT2D eigenvalue weighted by Crippen LogP contribution is -2.75. The van der Waals surface area contributed by atoms with E-state index in [0.29, 0.717) is 18.5 Å². The quantitative estimate of drug-likeness (QED) is 0.601. The fourth-order valence-corrected chi connectivity index (χ4v) is 7.05. The summed E-state index contributed by atoms with van der Waals surface area (Å²) < 4.78 is 47.0. The normalized spacial score (nSPS) is 27.5. The van der Waals surface area contributed by atoms with Gasteiger partial charge in [0.25, 0.3) is 0 Å². The van der Waals surface area contributed by atoms with E-state index < -0.39 is 11.6 Å². The molecule has 13 heteroatoms. The molecule has 8 rings (SSSR count). The fourth-order valence-electron chi connectivity index (χ4n) is 7.05. The Bertz CT molecular complexity index is 1240. The Morgan fingerprint density at radius 3 is 2.32 bits per heavy atom. The van der Waals surface area contributed by atoms with Crippen molar-refractivity contribution in [2.24, 2.45) is 10.8 Å². The van der Waals surface area contributed by atoms with E-state index in [0.717, 1.165) is 57.9 Å². The zero-order chi connectivity index (χ0) is 25.2. The van der Waals surface area contributed by atoms with Crippen LogP contribution in [0.2, 0.25) is 0 Å². The average Bonchev–Trinajstić information content (AvgIpc) is 3.66. The van der Waals surface area contributed by atoms with Gasteiger partial charge in [-0.3, -0.25) is 4.90 Å². The number of aromatic nitrogens is 5. The molecule has 2 spiro atoms. The SMILES string of the molecule is O=C(N1CC2(CC(n3cnc(C4CC4)n3)C2)C1)N1CC2(CN(Cc3nc(C4(C(F)(F)F)CC4)no3)C2)C1. The van der Waals surface area contributed by atoms with Crippen LogP contribution in [0.3, 0.4) is 0 Å². The molecule has 0 atom stereocenters. The Labute approximate surface area is 211 Å². The summed E-state index contributed by atoms with van der Waals surface area (Å²) in [5.74, 6) is 1.55. The highest BCUT2D eigenvalue weighted by Gasteiger charge is 2.67. The van der Waals surface area contributed by atoms with E-state index in [2.05, 4.69) is 25.1 Å². The number of alkyl halides is 3. The second-order valence-electron chi connectivity index (χ2n) is 12.7. The number of amides is 2. The summed E-state index contributed by atoms with van der Waals surface area (Å²) in [6.45, 7) is 5.01. The molecule has 0 bridgehead atoms. The van der Waals surface area contributed by atoms with Crippen molar-refractivity contribution >= 4 is 6.03 Å². The minimum Gasteiger partial charge on any atom is -0.338 e. The van der Waals surface area contributed by atoms with Gasteiger partial charge in [-0.2, -0.15) is 23.3 Å². The van der Waals surface area contributed by atoms with Crippen LogP contribution in [-0.4, -0.2) is 91.1 Å². The number of carbonyl (C=O) groups is 1. The molecule has 3 aliphatic heterocycles. The maximum atomic E-state index is 13.3. The highest BCUT2D eigenvalue weighted by Crippen LogP contribution is 2.58. The third kappa shape index (κ3) is 3.38. The first-order valence-electron chi connectivity index (χ1n) is 13.2. The average molecular weight is 519 g/mol. The summed E-state index contributed by atoms with van der Waals surface area (Å²) >= 11 is 0. The van der Waals surface area contributed by atoms with Crippen LogP contribution < -0.4 is 0 Å². The van der Waals surface area contributed by atoms with E-state index in [1.165, 1.54) is 12.8 Å². The second kappa shape index (κ2) is 7.03. The van der Waals surface area contributed by atoms with Crippen molar-refractivity contribution in [3.8, 4) is 0 Å². The van der Waals surface area contributed by atoms with Crippen LogP contribution in [0.1, 0.15) is 68.0 Å². The Hall–Kier alpha value is -2.70. The van der Waals surface area contributed by atoms with E-state index in [1.54, 1.807) is 0 Å². The molecule has 198 valence electrons. The zero-order valence-corrected chi connectivity index (χ0v) is 20.5. The summed E-state index contributed by atoms with van der Waals surface area (Å²) in [6.07, 6.45) is 2.10. The molecule has 3 saturated heterocycles. The second-order valence-corrected chi connectivity index (χ2v) is 12.7. The summed E-state index contributed by atoms with van der Waals surface area (Å²) in [6, 6.07) is 0.530. The number of hydrogen-bond donors (Lipinski definition) is 0. The topological polar surface area (TPSA) is 96.4 Å². The minimum atomic E-state index is -4.34. The Balaban J connectivity index is 0.781. The van der Waals surface area contributed by atoms with E-state index in [-0.39, 0.29) is 41.4 Å². The van der Waals surface area contributed by atoms with Crippen molar-refractivity contribution < 1.29 is 22.5 Å². The van der Waals surface area contributed by atoms with Crippen LogP contribution in [0.5, 0.6) is 0 Å². The highest BCUT2D eigenvalue weighted by atomic mass is 19.4. The van der Waals surface area contributed by atoms with Gasteiger partial charge in [0.05, 0.1) is 12.6 Å². The van der Waals surface area contributed by atoms with Gasteiger partial charge >= 0.3 is 12.2 Å². The summed E-state index contributed by atoms with van der Waals surface area (Å²) in [5, 5.41) is 8.29. The smallest absolute Gasteiger partial charge is 0.338 e. The van der Waals surface area contributed by atoms with Crippen molar-refractivity contribution in [3.05, 3.63) is 23.9 Å². The van der Waals surface area contributed by atoms with Crippen LogP contribution in [0, 0.1) is 10.8 Å².